The van der Waals surface area contributed by atoms with Crippen LogP contribution in [0.2, 0.25) is 0 Å². The molecule has 0 spiro atoms. The predicted molar refractivity (Wildman–Crippen MR) is 118 cm³/mol. The normalized spacial score (nSPS) is 20.3. The molecule has 0 N–H and O–H groups in total. The Bertz CT molecular complexity index is 1070. The minimum absolute atomic E-state index is 0.281. The van der Waals surface area contributed by atoms with Gasteiger partial charge in [-0.25, -0.2) is 27.6 Å². The number of hydrazine groups is 1. The maximum absolute atomic E-state index is 13.6. The van der Waals surface area contributed by atoms with E-state index >= 15 is 0 Å². The molecule has 1 unspecified atom stereocenters. The van der Waals surface area contributed by atoms with Crippen molar-refractivity contribution in [2.75, 3.05) is 26.5 Å². The van der Waals surface area contributed by atoms with Gasteiger partial charge in [-0.05, 0) is 43.5 Å². The molecule has 0 radical (unpaired) electrons. The Kier molecular flexibility index (Phi) is 6.76. The van der Waals surface area contributed by atoms with Crippen molar-refractivity contribution in [2.24, 2.45) is 4.99 Å². The fourth-order valence-electron chi connectivity index (χ4n) is 3.79. The van der Waals surface area contributed by atoms with E-state index in [4.69, 9.17) is 4.74 Å². The van der Waals surface area contributed by atoms with Gasteiger partial charge in [0.2, 0.25) is 0 Å². The SMILES string of the molecule is C=C(/N=C(\C=C/C)C1=C(c2ccc(F)cc2)CN2CCCC(C(=O)OC)N12)S(C)(=O)=O. The fraction of sp³-hybridized carbons (Fsp3) is 0.364. The molecule has 0 bridgehead atoms. The van der Waals surface area contributed by atoms with Crippen molar-refractivity contribution >= 4 is 27.1 Å². The number of hydrogen-bond donors (Lipinski definition) is 0. The Morgan fingerprint density at radius 3 is 2.58 bits per heavy atom. The number of rotatable bonds is 6. The van der Waals surface area contributed by atoms with E-state index in [1.165, 1.54) is 19.2 Å². The highest BCUT2D eigenvalue weighted by Gasteiger charge is 2.43. The summed E-state index contributed by atoms with van der Waals surface area (Å²) >= 11 is 0. The highest BCUT2D eigenvalue weighted by molar-refractivity contribution is 7.94. The minimum atomic E-state index is -3.61. The number of esters is 1. The lowest BCUT2D eigenvalue weighted by atomic mass is 10.0. The summed E-state index contributed by atoms with van der Waals surface area (Å²) < 4.78 is 42.6. The number of halogens is 1. The highest BCUT2D eigenvalue weighted by Crippen LogP contribution is 2.37. The Balaban J connectivity index is 2.25. The standard InChI is InChI=1S/C22H26FN3O4S/c1-5-7-19(24-15(2)31(4,28)29)21-18(16-9-11-17(23)12-10-16)14-25-13-6-8-20(26(21)25)22(27)30-3/h5,7,9-12,20H,2,6,8,13-14H2,1,3-4H3/b7-5-,24-19+. The van der Waals surface area contributed by atoms with Crippen LogP contribution in [-0.2, 0) is 19.4 Å². The second-order valence-electron chi connectivity index (χ2n) is 7.41. The monoisotopic (exact) mass is 447 g/mol. The summed E-state index contributed by atoms with van der Waals surface area (Å²) in [5.41, 5.74) is 2.52. The zero-order valence-electron chi connectivity index (χ0n) is 17.8. The molecule has 3 rings (SSSR count). The van der Waals surface area contributed by atoms with Gasteiger partial charge in [-0.1, -0.05) is 24.8 Å². The predicted octanol–water partition coefficient (Wildman–Crippen LogP) is 2.94. The van der Waals surface area contributed by atoms with Gasteiger partial charge in [-0.2, -0.15) is 0 Å². The quantitative estimate of drug-likeness (QED) is 0.493. The lowest BCUT2D eigenvalue weighted by molar-refractivity contribution is -0.155. The second-order valence-corrected chi connectivity index (χ2v) is 9.43. The number of aliphatic imine (C=N–C) groups is 1. The van der Waals surface area contributed by atoms with Crippen molar-refractivity contribution in [3.63, 3.8) is 0 Å². The van der Waals surface area contributed by atoms with E-state index in [1.807, 2.05) is 10.0 Å². The maximum atomic E-state index is 13.6. The van der Waals surface area contributed by atoms with Gasteiger partial charge in [0, 0.05) is 24.9 Å². The largest absolute Gasteiger partial charge is 0.467 e. The first kappa shape index (κ1) is 22.9. The van der Waals surface area contributed by atoms with E-state index in [2.05, 4.69) is 11.6 Å². The summed E-state index contributed by atoms with van der Waals surface area (Å²) in [6.07, 6.45) is 5.84. The molecule has 9 heteroatoms. The van der Waals surface area contributed by atoms with Gasteiger partial charge < -0.3 is 4.74 Å². The van der Waals surface area contributed by atoms with Crippen molar-refractivity contribution in [2.45, 2.75) is 25.8 Å². The number of benzene rings is 1. The first-order valence-electron chi connectivity index (χ1n) is 9.89. The molecular formula is C22H26FN3O4S. The molecule has 0 amide bonds. The van der Waals surface area contributed by atoms with Crippen LogP contribution < -0.4 is 0 Å². The lowest BCUT2D eigenvalue weighted by Gasteiger charge is -2.41. The van der Waals surface area contributed by atoms with Crippen LogP contribution in [0.4, 0.5) is 4.39 Å². The summed E-state index contributed by atoms with van der Waals surface area (Å²) in [7, 11) is -2.27. The zero-order valence-corrected chi connectivity index (χ0v) is 18.7. The molecule has 1 saturated heterocycles. The van der Waals surface area contributed by atoms with Gasteiger partial charge in [0.25, 0.3) is 0 Å². The van der Waals surface area contributed by atoms with Crippen LogP contribution in [0.15, 0.2) is 58.7 Å². The van der Waals surface area contributed by atoms with Crippen molar-refractivity contribution in [3.05, 3.63) is 65.1 Å². The maximum Gasteiger partial charge on any atom is 0.330 e. The number of carbonyl (C=O) groups excluding carboxylic acids is 1. The molecule has 7 nitrogen and oxygen atoms in total. The summed E-state index contributed by atoms with van der Waals surface area (Å²) in [4.78, 5) is 16.9. The first-order valence-corrected chi connectivity index (χ1v) is 11.8. The summed E-state index contributed by atoms with van der Waals surface area (Å²) in [5, 5.41) is 3.57. The number of fused-ring (bicyclic) bond motifs is 1. The molecule has 0 aliphatic carbocycles. The smallest absolute Gasteiger partial charge is 0.330 e. The molecule has 0 aromatic heterocycles. The van der Waals surface area contributed by atoms with Gasteiger partial charge in [0.15, 0.2) is 9.84 Å². The number of sulfone groups is 1. The molecular weight excluding hydrogens is 421 g/mol. The number of hydrogen-bond acceptors (Lipinski definition) is 7. The van der Waals surface area contributed by atoms with Gasteiger partial charge in [0.1, 0.15) is 16.9 Å². The van der Waals surface area contributed by atoms with Crippen molar-refractivity contribution in [3.8, 4) is 0 Å². The van der Waals surface area contributed by atoms with E-state index < -0.39 is 15.9 Å². The Hall–Kier alpha value is -2.78. The van der Waals surface area contributed by atoms with Crippen LogP contribution in [0, 0.1) is 5.82 Å². The van der Waals surface area contributed by atoms with Crippen LogP contribution in [-0.4, -0.2) is 62.6 Å². The Morgan fingerprint density at radius 1 is 1.32 bits per heavy atom. The average molecular weight is 448 g/mol. The van der Waals surface area contributed by atoms with E-state index in [-0.39, 0.29) is 16.8 Å². The van der Waals surface area contributed by atoms with E-state index in [9.17, 15) is 17.6 Å². The molecule has 1 aromatic rings. The summed E-state index contributed by atoms with van der Waals surface area (Å²) in [5.74, 6) is -0.744. The minimum Gasteiger partial charge on any atom is -0.467 e. The second kappa shape index (κ2) is 9.15. The topological polar surface area (TPSA) is 79.3 Å². The average Bonchev–Trinajstić information content (AvgIpc) is 3.12. The van der Waals surface area contributed by atoms with Gasteiger partial charge >= 0.3 is 5.97 Å². The first-order chi connectivity index (χ1) is 14.7. The molecule has 2 aliphatic heterocycles. The van der Waals surface area contributed by atoms with Crippen molar-refractivity contribution in [1.82, 2.24) is 10.0 Å². The zero-order chi connectivity index (χ0) is 22.8. The van der Waals surface area contributed by atoms with Crippen LogP contribution in [0.1, 0.15) is 25.3 Å². The molecule has 166 valence electrons. The van der Waals surface area contributed by atoms with Crippen LogP contribution >= 0.6 is 0 Å². The van der Waals surface area contributed by atoms with E-state index in [0.717, 1.165) is 23.8 Å². The van der Waals surface area contributed by atoms with Gasteiger partial charge in [0.05, 0.1) is 18.5 Å². The summed E-state index contributed by atoms with van der Waals surface area (Å²) in [6, 6.07) is 5.48. The number of ether oxygens (including phenoxy) is 1. The lowest BCUT2D eigenvalue weighted by Crippen LogP contribution is -2.53. The highest BCUT2D eigenvalue weighted by atomic mass is 32.2. The fourth-order valence-corrected chi connectivity index (χ4v) is 4.06. The van der Waals surface area contributed by atoms with E-state index in [1.54, 1.807) is 31.2 Å². The Morgan fingerprint density at radius 2 is 2.00 bits per heavy atom. The third-order valence-corrected chi connectivity index (χ3v) is 6.20. The number of methoxy groups -OCH3 is 1. The van der Waals surface area contributed by atoms with Gasteiger partial charge in [-0.15, -0.1) is 0 Å². The van der Waals surface area contributed by atoms with Gasteiger partial charge in [-0.3, -0.25) is 5.01 Å². The third-order valence-electron chi connectivity index (χ3n) is 5.26. The summed E-state index contributed by atoms with van der Waals surface area (Å²) in [6.45, 7) is 6.56. The van der Waals surface area contributed by atoms with Crippen LogP contribution in [0.3, 0.4) is 0 Å². The molecule has 2 aliphatic rings. The Labute approximate surface area is 182 Å². The molecule has 31 heavy (non-hydrogen) atoms. The number of nitrogens with zero attached hydrogens (tertiary/aromatic N) is 3. The molecule has 2 heterocycles. The molecule has 1 atom stereocenters. The van der Waals surface area contributed by atoms with E-state index in [0.29, 0.717) is 30.9 Å². The number of carbonyl (C=O) groups is 1. The molecule has 0 saturated carbocycles. The third kappa shape index (κ3) is 4.77. The molecule has 1 aromatic carbocycles. The van der Waals surface area contributed by atoms with Crippen molar-refractivity contribution < 1.29 is 22.3 Å². The number of allylic oxidation sites excluding steroid dienone is 2. The molecule has 1 fully saturated rings. The van der Waals surface area contributed by atoms with Crippen LogP contribution in [0.5, 0.6) is 0 Å². The van der Waals surface area contributed by atoms with Crippen molar-refractivity contribution in [1.29, 1.82) is 0 Å². The van der Waals surface area contributed by atoms with Crippen LogP contribution in [0.25, 0.3) is 5.57 Å².